The van der Waals surface area contributed by atoms with Crippen LogP contribution in [0.15, 0.2) is 29.9 Å². The monoisotopic (exact) mass is 243 g/mol. The molecule has 0 unspecified atom stereocenters. The van der Waals surface area contributed by atoms with Gasteiger partial charge in [0.2, 0.25) is 0 Å². The Hall–Kier alpha value is -2.01. The van der Waals surface area contributed by atoms with Gasteiger partial charge < -0.3 is 4.40 Å². The number of thiazole rings is 1. The van der Waals surface area contributed by atoms with Crippen LogP contribution in [0.25, 0.3) is 17.0 Å². The van der Waals surface area contributed by atoms with Gasteiger partial charge in [0.25, 0.3) is 0 Å². The fourth-order valence-electron chi connectivity index (χ4n) is 1.68. The van der Waals surface area contributed by atoms with Gasteiger partial charge in [0, 0.05) is 23.3 Å². The smallest absolute Gasteiger partial charge is 0.151 e. The number of rotatable bonds is 2. The van der Waals surface area contributed by atoms with Crippen molar-refractivity contribution in [3.63, 3.8) is 0 Å². The molecule has 0 aliphatic rings. The van der Waals surface area contributed by atoms with Crippen molar-refractivity contribution in [2.75, 3.05) is 0 Å². The second-order valence-electron chi connectivity index (χ2n) is 3.72. The normalized spacial score (nSPS) is 10.9. The van der Waals surface area contributed by atoms with Gasteiger partial charge in [-0.25, -0.2) is 9.97 Å². The topological polar surface area (TPSA) is 47.3 Å². The molecule has 0 fully saturated rings. The van der Waals surface area contributed by atoms with E-state index >= 15 is 0 Å². The van der Waals surface area contributed by atoms with E-state index in [9.17, 15) is 4.79 Å². The lowest BCUT2D eigenvalue weighted by molar-refractivity contribution is 0.112. The third-order valence-corrected chi connectivity index (χ3v) is 3.26. The van der Waals surface area contributed by atoms with Crippen LogP contribution in [-0.4, -0.2) is 20.7 Å². The lowest BCUT2D eigenvalue weighted by Crippen LogP contribution is -1.86. The van der Waals surface area contributed by atoms with E-state index in [-0.39, 0.29) is 0 Å². The summed E-state index contributed by atoms with van der Waals surface area (Å²) in [5.74, 6) is 0. The third-order valence-electron chi connectivity index (χ3n) is 2.49. The molecule has 0 aliphatic carbocycles. The summed E-state index contributed by atoms with van der Waals surface area (Å²) in [6.07, 6.45) is 4.47. The van der Waals surface area contributed by atoms with Crippen molar-refractivity contribution in [3.8, 4) is 11.4 Å². The van der Waals surface area contributed by atoms with E-state index in [4.69, 9.17) is 0 Å². The zero-order valence-electron chi connectivity index (χ0n) is 9.12. The van der Waals surface area contributed by atoms with E-state index in [1.165, 1.54) is 0 Å². The third kappa shape index (κ3) is 1.74. The summed E-state index contributed by atoms with van der Waals surface area (Å²) in [5.41, 5.74) is 3.16. The molecule has 0 amide bonds. The maximum absolute atomic E-state index is 10.7. The van der Waals surface area contributed by atoms with Crippen molar-refractivity contribution >= 4 is 23.3 Å². The van der Waals surface area contributed by atoms with E-state index in [0.29, 0.717) is 5.56 Å². The second kappa shape index (κ2) is 3.78. The highest BCUT2D eigenvalue weighted by Crippen LogP contribution is 2.21. The van der Waals surface area contributed by atoms with Gasteiger partial charge in [0.05, 0.1) is 5.01 Å². The number of imidazole rings is 1. The van der Waals surface area contributed by atoms with Gasteiger partial charge in [0.1, 0.15) is 17.0 Å². The van der Waals surface area contributed by atoms with Crippen molar-refractivity contribution < 1.29 is 4.79 Å². The molecule has 3 rings (SSSR count). The predicted molar refractivity (Wildman–Crippen MR) is 66.4 cm³/mol. The van der Waals surface area contributed by atoms with Crippen LogP contribution < -0.4 is 0 Å². The van der Waals surface area contributed by atoms with Crippen molar-refractivity contribution in [2.24, 2.45) is 0 Å². The number of hydrogen-bond acceptors (Lipinski definition) is 4. The first-order chi connectivity index (χ1) is 8.26. The van der Waals surface area contributed by atoms with Gasteiger partial charge >= 0.3 is 0 Å². The van der Waals surface area contributed by atoms with Crippen LogP contribution in [0.1, 0.15) is 15.4 Å². The first-order valence-corrected chi connectivity index (χ1v) is 6.00. The Kier molecular flexibility index (Phi) is 2.26. The molecule has 3 aromatic heterocycles. The Labute approximate surface area is 102 Å². The van der Waals surface area contributed by atoms with Gasteiger partial charge in [-0.05, 0) is 19.1 Å². The highest BCUT2D eigenvalue weighted by Gasteiger charge is 2.07. The summed E-state index contributed by atoms with van der Waals surface area (Å²) in [6, 6.07) is 3.58. The molecule has 17 heavy (non-hydrogen) atoms. The average Bonchev–Trinajstić information content (AvgIpc) is 2.93. The van der Waals surface area contributed by atoms with Crippen LogP contribution in [0.5, 0.6) is 0 Å². The molecule has 0 saturated heterocycles. The van der Waals surface area contributed by atoms with E-state index in [1.807, 2.05) is 29.0 Å². The fourth-order valence-corrected chi connectivity index (χ4v) is 2.29. The van der Waals surface area contributed by atoms with E-state index < -0.39 is 0 Å². The quantitative estimate of drug-likeness (QED) is 0.650. The molecule has 4 nitrogen and oxygen atoms in total. The minimum Gasteiger partial charge on any atom is -0.306 e. The van der Waals surface area contributed by atoms with Crippen LogP contribution in [0.3, 0.4) is 0 Å². The number of nitrogens with zero attached hydrogens (tertiary/aromatic N) is 3. The predicted octanol–water partition coefficient (Wildman–Crippen LogP) is 2.58. The number of aromatic nitrogens is 3. The Morgan fingerprint density at radius 1 is 1.24 bits per heavy atom. The number of aldehydes is 1. The SMILES string of the molecule is Cc1nc(-c2cn3cc(C=O)ccc3n2)cs1. The van der Waals surface area contributed by atoms with Crippen molar-refractivity contribution in [1.82, 2.24) is 14.4 Å². The van der Waals surface area contributed by atoms with Gasteiger partial charge in [-0.15, -0.1) is 11.3 Å². The van der Waals surface area contributed by atoms with Crippen LogP contribution in [0, 0.1) is 6.92 Å². The molecule has 3 heterocycles. The molecule has 0 atom stereocenters. The zero-order chi connectivity index (χ0) is 11.8. The Morgan fingerprint density at radius 2 is 2.12 bits per heavy atom. The summed E-state index contributed by atoms with van der Waals surface area (Å²) in [6.45, 7) is 1.97. The molecular weight excluding hydrogens is 234 g/mol. The summed E-state index contributed by atoms with van der Waals surface area (Å²) < 4.78 is 1.84. The van der Waals surface area contributed by atoms with E-state index in [0.717, 1.165) is 28.3 Å². The average molecular weight is 243 g/mol. The van der Waals surface area contributed by atoms with Gasteiger partial charge in [-0.1, -0.05) is 0 Å². The highest BCUT2D eigenvalue weighted by molar-refractivity contribution is 7.09. The van der Waals surface area contributed by atoms with Crippen LogP contribution in [0.4, 0.5) is 0 Å². The van der Waals surface area contributed by atoms with Crippen molar-refractivity contribution in [3.05, 3.63) is 40.5 Å². The van der Waals surface area contributed by atoms with Crippen molar-refractivity contribution in [1.29, 1.82) is 0 Å². The summed E-state index contributed by atoms with van der Waals surface area (Å²) in [4.78, 5) is 19.5. The maximum atomic E-state index is 10.7. The molecule has 0 aromatic carbocycles. The Bertz CT molecular complexity index is 699. The molecule has 3 aromatic rings. The maximum Gasteiger partial charge on any atom is 0.151 e. The number of aryl methyl sites for hydroxylation is 1. The Balaban J connectivity index is 2.16. The number of carbonyl (C=O) groups is 1. The number of pyridine rings is 1. The van der Waals surface area contributed by atoms with E-state index in [2.05, 4.69) is 9.97 Å². The van der Waals surface area contributed by atoms with Crippen LogP contribution >= 0.6 is 11.3 Å². The number of hydrogen-bond donors (Lipinski definition) is 0. The first kappa shape index (κ1) is 10.2. The van der Waals surface area contributed by atoms with Crippen LogP contribution in [-0.2, 0) is 0 Å². The standard InChI is InChI=1S/C12H9N3OS/c1-8-13-11(7-17-8)10-5-15-4-9(6-16)2-3-12(15)14-10/h2-7H,1H3. The molecule has 5 heteroatoms. The van der Waals surface area contributed by atoms with Crippen LogP contribution in [0.2, 0.25) is 0 Å². The summed E-state index contributed by atoms with van der Waals surface area (Å²) in [5, 5.41) is 3.00. The lowest BCUT2D eigenvalue weighted by Gasteiger charge is -1.92. The van der Waals surface area contributed by atoms with Gasteiger partial charge in [0.15, 0.2) is 6.29 Å². The Morgan fingerprint density at radius 3 is 2.82 bits per heavy atom. The molecule has 84 valence electrons. The molecule has 0 bridgehead atoms. The summed E-state index contributed by atoms with van der Waals surface area (Å²) >= 11 is 1.60. The van der Waals surface area contributed by atoms with Crippen molar-refractivity contribution in [2.45, 2.75) is 6.92 Å². The molecule has 0 saturated carbocycles. The largest absolute Gasteiger partial charge is 0.306 e. The minimum absolute atomic E-state index is 0.635. The summed E-state index contributed by atoms with van der Waals surface area (Å²) in [7, 11) is 0. The molecule has 0 radical (unpaired) electrons. The lowest BCUT2D eigenvalue weighted by atomic mass is 10.3. The second-order valence-corrected chi connectivity index (χ2v) is 4.79. The minimum atomic E-state index is 0.635. The number of carbonyl (C=O) groups excluding carboxylic acids is 1. The van der Waals surface area contributed by atoms with Gasteiger partial charge in [-0.2, -0.15) is 0 Å². The zero-order valence-corrected chi connectivity index (χ0v) is 9.94. The molecule has 0 spiro atoms. The number of fused-ring (bicyclic) bond motifs is 1. The fraction of sp³-hybridized carbons (Fsp3) is 0.0833. The van der Waals surface area contributed by atoms with Gasteiger partial charge in [-0.3, -0.25) is 4.79 Å². The molecule has 0 aliphatic heterocycles. The first-order valence-electron chi connectivity index (χ1n) is 5.13. The highest BCUT2D eigenvalue weighted by atomic mass is 32.1. The van der Waals surface area contributed by atoms with E-state index in [1.54, 1.807) is 23.6 Å². The molecule has 0 N–H and O–H groups in total. The molecular formula is C12H9N3OS.